The average molecular weight is 436 g/mol. The predicted octanol–water partition coefficient (Wildman–Crippen LogP) is 2.39. The molecule has 0 radical (unpaired) electrons. The highest BCUT2D eigenvalue weighted by atomic mass is 19.1. The van der Waals surface area contributed by atoms with Gasteiger partial charge in [-0.1, -0.05) is 18.2 Å². The quantitative estimate of drug-likeness (QED) is 0.547. The smallest absolute Gasteiger partial charge is 0.277 e. The number of carbonyl (C=O) groups excluding carboxylic acids is 1. The standard InChI is InChI=1S/C23H25FN6O2/c1-13-15(4-3-5-17(13)24)10-26-18-12-27-21-9-7-19(30(21)23(18)32)22(31)28-11-16-6-8-20(25)29-14(16)2/h3-6,8,12,19,26H,7,9-11H2,1-2H3,(H2,25,29)(H,28,31)/t19-/m0/s1. The first-order valence-electron chi connectivity index (χ1n) is 10.4. The SMILES string of the molecule is Cc1nc(N)ccc1CNC(=O)[C@@H]1CCc2ncc(NCc3cccc(F)c3C)c(=O)n21. The van der Waals surface area contributed by atoms with Crippen LogP contribution in [0.4, 0.5) is 15.9 Å². The molecule has 4 N–H and O–H groups in total. The first kappa shape index (κ1) is 21.5. The van der Waals surface area contributed by atoms with Crippen LogP contribution in [0.2, 0.25) is 0 Å². The summed E-state index contributed by atoms with van der Waals surface area (Å²) in [5.74, 6) is 0.458. The molecule has 2 aromatic heterocycles. The minimum absolute atomic E-state index is 0.248. The molecule has 3 heterocycles. The fraction of sp³-hybridized carbons (Fsp3) is 0.304. The van der Waals surface area contributed by atoms with Crippen LogP contribution in [-0.4, -0.2) is 20.4 Å². The maximum absolute atomic E-state index is 13.8. The normalized spacial score (nSPS) is 14.8. The molecule has 1 aliphatic heterocycles. The van der Waals surface area contributed by atoms with Gasteiger partial charge in [-0.05, 0) is 49.1 Å². The fourth-order valence-corrected chi connectivity index (χ4v) is 3.90. The van der Waals surface area contributed by atoms with E-state index in [0.717, 1.165) is 16.8 Å². The van der Waals surface area contributed by atoms with Crippen molar-refractivity contribution in [2.75, 3.05) is 11.1 Å². The van der Waals surface area contributed by atoms with E-state index in [1.807, 2.05) is 13.0 Å². The van der Waals surface area contributed by atoms with Gasteiger partial charge in [0.2, 0.25) is 5.91 Å². The van der Waals surface area contributed by atoms with Crippen molar-refractivity contribution in [3.63, 3.8) is 0 Å². The number of halogens is 1. The number of fused-ring (bicyclic) bond motifs is 1. The Hall–Kier alpha value is -3.75. The van der Waals surface area contributed by atoms with Gasteiger partial charge in [-0.25, -0.2) is 14.4 Å². The Labute approximate surface area is 184 Å². The van der Waals surface area contributed by atoms with E-state index in [0.29, 0.717) is 36.6 Å². The van der Waals surface area contributed by atoms with Gasteiger partial charge in [0.1, 0.15) is 29.2 Å². The third-order valence-corrected chi connectivity index (χ3v) is 5.84. The predicted molar refractivity (Wildman–Crippen MR) is 120 cm³/mol. The van der Waals surface area contributed by atoms with Gasteiger partial charge < -0.3 is 16.4 Å². The van der Waals surface area contributed by atoms with E-state index >= 15 is 0 Å². The zero-order valence-electron chi connectivity index (χ0n) is 18.0. The minimum atomic E-state index is -0.635. The van der Waals surface area contributed by atoms with E-state index in [4.69, 9.17) is 5.73 Å². The highest BCUT2D eigenvalue weighted by Gasteiger charge is 2.31. The Morgan fingerprint density at radius 2 is 2.03 bits per heavy atom. The van der Waals surface area contributed by atoms with Gasteiger partial charge in [0.25, 0.3) is 5.56 Å². The molecule has 3 aromatic rings. The first-order valence-corrected chi connectivity index (χ1v) is 10.4. The molecular weight excluding hydrogens is 411 g/mol. The van der Waals surface area contributed by atoms with E-state index in [1.54, 1.807) is 25.1 Å². The molecule has 166 valence electrons. The molecule has 8 nitrogen and oxygen atoms in total. The lowest BCUT2D eigenvalue weighted by Gasteiger charge is -2.16. The van der Waals surface area contributed by atoms with Gasteiger partial charge in [-0.2, -0.15) is 0 Å². The van der Waals surface area contributed by atoms with Gasteiger partial charge >= 0.3 is 0 Å². The lowest BCUT2D eigenvalue weighted by molar-refractivity contribution is -0.124. The van der Waals surface area contributed by atoms with Crippen LogP contribution in [0, 0.1) is 19.7 Å². The summed E-state index contributed by atoms with van der Waals surface area (Å²) in [5.41, 5.74) is 8.51. The number of rotatable bonds is 6. The molecule has 1 aliphatic rings. The number of benzene rings is 1. The van der Waals surface area contributed by atoms with E-state index in [9.17, 15) is 14.0 Å². The molecule has 32 heavy (non-hydrogen) atoms. The summed E-state index contributed by atoms with van der Waals surface area (Å²) in [4.78, 5) is 34.5. The summed E-state index contributed by atoms with van der Waals surface area (Å²) in [6.45, 7) is 4.09. The van der Waals surface area contributed by atoms with Crippen LogP contribution in [0.5, 0.6) is 0 Å². The summed E-state index contributed by atoms with van der Waals surface area (Å²) in [7, 11) is 0. The zero-order valence-corrected chi connectivity index (χ0v) is 18.0. The molecule has 0 saturated carbocycles. The van der Waals surface area contributed by atoms with Crippen LogP contribution in [-0.2, 0) is 24.3 Å². The first-order chi connectivity index (χ1) is 15.3. The maximum Gasteiger partial charge on any atom is 0.277 e. The van der Waals surface area contributed by atoms with Gasteiger partial charge in [-0.15, -0.1) is 0 Å². The summed E-state index contributed by atoms with van der Waals surface area (Å²) in [6.07, 6.45) is 2.52. The van der Waals surface area contributed by atoms with E-state index in [2.05, 4.69) is 20.6 Å². The minimum Gasteiger partial charge on any atom is -0.384 e. The third-order valence-electron chi connectivity index (χ3n) is 5.84. The number of nitrogens with zero attached hydrogens (tertiary/aromatic N) is 3. The van der Waals surface area contributed by atoms with Crippen molar-refractivity contribution in [1.29, 1.82) is 0 Å². The topological polar surface area (TPSA) is 115 Å². The number of anilines is 2. The van der Waals surface area contributed by atoms with Gasteiger partial charge in [-0.3, -0.25) is 14.2 Å². The van der Waals surface area contributed by atoms with Crippen molar-refractivity contribution in [3.8, 4) is 0 Å². The molecule has 0 fully saturated rings. The van der Waals surface area contributed by atoms with Crippen LogP contribution < -0.4 is 21.9 Å². The van der Waals surface area contributed by atoms with Crippen molar-refractivity contribution >= 4 is 17.4 Å². The second-order valence-corrected chi connectivity index (χ2v) is 7.89. The molecule has 1 aromatic carbocycles. The van der Waals surface area contributed by atoms with Gasteiger partial charge in [0.05, 0.1) is 6.20 Å². The average Bonchev–Trinajstić information content (AvgIpc) is 3.20. The van der Waals surface area contributed by atoms with Gasteiger partial charge in [0, 0.05) is 25.2 Å². The molecular formula is C23H25FN6O2. The van der Waals surface area contributed by atoms with Crippen molar-refractivity contribution < 1.29 is 9.18 Å². The van der Waals surface area contributed by atoms with E-state index in [1.165, 1.54) is 16.8 Å². The van der Waals surface area contributed by atoms with Crippen molar-refractivity contribution in [2.45, 2.75) is 45.8 Å². The number of aromatic nitrogens is 3. The Morgan fingerprint density at radius 3 is 2.81 bits per heavy atom. The number of hydrogen-bond donors (Lipinski definition) is 3. The molecule has 1 atom stereocenters. The number of hydrogen-bond acceptors (Lipinski definition) is 6. The number of nitrogens with one attached hydrogen (secondary N) is 2. The lowest BCUT2D eigenvalue weighted by atomic mass is 10.1. The number of nitrogen functional groups attached to an aromatic ring is 1. The lowest BCUT2D eigenvalue weighted by Crippen LogP contribution is -2.36. The van der Waals surface area contributed by atoms with Crippen LogP contribution in [0.1, 0.15) is 40.7 Å². The summed E-state index contributed by atoms with van der Waals surface area (Å²) < 4.78 is 15.2. The van der Waals surface area contributed by atoms with E-state index in [-0.39, 0.29) is 29.5 Å². The molecule has 1 amide bonds. The molecule has 9 heteroatoms. The molecule has 0 unspecified atom stereocenters. The van der Waals surface area contributed by atoms with Gasteiger partial charge in [0.15, 0.2) is 0 Å². The number of pyridine rings is 1. The number of nitrogens with two attached hydrogens (primary N) is 1. The third kappa shape index (κ3) is 4.18. The maximum atomic E-state index is 13.8. The number of aryl methyl sites for hydroxylation is 2. The second kappa shape index (κ2) is 8.78. The Bertz CT molecular complexity index is 1240. The van der Waals surface area contributed by atoms with Crippen LogP contribution in [0.25, 0.3) is 0 Å². The number of carbonyl (C=O) groups is 1. The largest absolute Gasteiger partial charge is 0.384 e. The monoisotopic (exact) mass is 436 g/mol. The zero-order chi connectivity index (χ0) is 22.8. The van der Waals surface area contributed by atoms with Crippen LogP contribution in [0.3, 0.4) is 0 Å². The highest BCUT2D eigenvalue weighted by molar-refractivity contribution is 5.81. The fourth-order valence-electron chi connectivity index (χ4n) is 3.90. The Kier molecular flexibility index (Phi) is 5.89. The Morgan fingerprint density at radius 1 is 1.22 bits per heavy atom. The van der Waals surface area contributed by atoms with Crippen molar-refractivity contribution in [3.05, 3.63) is 80.9 Å². The molecule has 0 bridgehead atoms. The van der Waals surface area contributed by atoms with E-state index < -0.39 is 6.04 Å². The molecule has 0 aliphatic carbocycles. The summed E-state index contributed by atoms with van der Waals surface area (Å²) in [5, 5.41) is 5.93. The molecule has 4 rings (SSSR count). The van der Waals surface area contributed by atoms with Crippen LogP contribution in [0.15, 0.2) is 41.3 Å². The highest BCUT2D eigenvalue weighted by Crippen LogP contribution is 2.24. The molecule has 0 saturated heterocycles. The van der Waals surface area contributed by atoms with Crippen molar-refractivity contribution in [1.82, 2.24) is 19.9 Å². The number of amides is 1. The summed E-state index contributed by atoms with van der Waals surface area (Å²) in [6, 6.07) is 7.71. The van der Waals surface area contributed by atoms with Crippen molar-refractivity contribution in [2.24, 2.45) is 0 Å². The second-order valence-electron chi connectivity index (χ2n) is 7.89. The summed E-state index contributed by atoms with van der Waals surface area (Å²) >= 11 is 0. The van der Waals surface area contributed by atoms with Crippen LogP contribution >= 0.6 is 0 Å². The Balaban J connectivity index is 1.49. The molecule has 0 spiro atoms.